The maximum atomic E-state index is 14.6. The van der Waals surface area contributed by atoms with Gasteiger partial charge in [-0.2, -0.15) is 5.10 Å². The van der Waals surface area contributed by atoms with E-state index in [1.165, 1.54) is 26.4 Å². The Labute approximate surface area is 338 Å². The number of hydrogen-bond acceptors (Lipinski definition) is 14. The van der Waals surface area contributed by atoms with Gasteiger partial charge in [-0.05, 0) is 26.0 Å². The van der Waals surface area contributed by atoms with Crippen LogP contribution in [0.15, 0.2) is 65.2 Å². The van der Waals surface area contributed by atoms with Gasteiger partial charge in [-0.15, -0.1) is 0 Å². The third kappa shape index (κ3) is 7.31. The molecule has 58 heavy (non-hydrogen) atoms. The highest BCUT2D eigenvalue weighted by Crippen LogP contribution is 2.59. The minimum atomic E-state index is -1.93. The van der Waals surface area contributed by atoms with Crippen molar-refractivity contribution in [1.82, 2.24) is 5.01 Å². The lowest BCUT2D eigenvalue weighted by atomic mass is 9.78. The Hall–Kier alpha value is -5.35. The van der Waals surface area contributed by atoms with Crippen LogP contribution in [0.25, 0.3) is 10.8 Å². The minimum absolute atomic E-state index is 0.0188. The highest BCUT2D eigenvalue weighted by atomic mass is 16.7. The fraction of sp³-hybridized carbons (Fsp3) is 0.465. The van der Waals surface area contributed by atoms with E-state index in [1.54, 1.807) is 96.2 Å². The zero-order chi connectivity index (χ0) is 42.5. The Morgan fingerprint density at radius 2 is 1.60 bits per heavy atom. The molecular formula is C43H55N5O10. The smallest absolute Gasteiger partial charge is 0.312 e. The molecule has 0 saturated carbocycles. The topological polar surface area (TPSA) is 206 Å². The SMILES string of the molecule is CO[C@H]1/C=C/O[C@@]2(C)Oc3c(C)c(O)c4c(O)c(c5c(c4c3C2=O)NC2C=CC(/C=N/N(C)C)=CN52)NC(=O)/C(C)=C\C=C\[C@H](C)[C@H](O)[C@@H](C)[C@@H](O)[C@@H](C)[C@H](O)[C@@H]1C. The summed E-state index contributed by atoms with van der Waals surface area (Å²) < 4.78 is 18.0. The van der Waals surface area contributed by atoms with E-state index in [0.29, 0.717) is 16.9 Å². The molecule has 0 aromatic heterocycles. The molecule has 15 heteroatoms. The standard InChI is InChI=1S/C43H55N5O10/c1-20-12-11-13-21(2)42(55)46-33-34-32(45-28-15-14-26(19-48(28)34)18-44-47(8)9)29-30(39(33)53)38(52)25(6)40-31(29)41(54)43(7,58-40)57-17-16-27(56-10)22(3)36(50)24(5)37(51)23(4)35(20)49/h11-20,22-24,27-28,35-37,45,49-53H,1-10H3,(H,46,55)/b12-11+,17-16+,21-13-,44-18+/t20-,22+,23+,24-,27-,28?,35-,36+,37+,43-/m0/s1. The first kappa shape index (κ1) is 42.3. The Morgan fingerprint density at radius 1 is 0.931 bits per heavy atom. The van der Waals surface area contributed by atoms with E-state index in [1.807, 2.05) is 12.2 Å². The van der Waals surface area contributed by atoms with Crippen molar-refractivity contribution in [1.29, 1.82) is 0 Å². The average molecular weight is 802 g/mol. The number of aliphatic hydroxyl groups excluding tert-OH is 3. The predicted molar refractivity (Wildman–Crippen MR) is 222 cm³/mol. The quantitative estimate of drug-likeness (QED) is 0.0942. The van der Waals surface area contributed by atoms with E-state index >= 15 is 0 Å². The van der Waals surface area contributed by atoms with Gasteiger partial charge >= 0.3 is 5.79 Å². The van der Waals surface area contributed by atoms with Crippen molar-refractivity contribution >= 4 is 45.7 Å². The summed E-state index contributed by atoms with van der Waals surface area (Å²) >= 11 is 0. The Balaban J connectivity index is 1.56. The van der Waals surface area contributed by atoms with Gasteiger partial charge < -0.3 is 60.3 Å². The number of methoxy groups -OCH3 is 1. The molecule has 1 unspecified atom stereocenters. The highest BCUT2D eigenvalue weighted by molar-refractivity contribution is 6.27. The van der Waals surface area contributed by atoms with Crippen LogP contribution in [-0.2, 0) is 14.3 Å². The van der Waals surface area contributed by atoms with Crippen molar-refractivity contribution < 1.29 is 49.3 Å². The number of aliphatic hydroxyl groups is 3. The van der Waals surface area contributed by atoms with E-state index in [4.69, 9.17) is 14.2 Å². The number of rotatable bonds is 3. The maximum absolute atomic E-state index is 14.6. The lowest BCUT2D eigenvalue weighted by molar-refractivity contribution is -0.112. The molecule has 6 rings (SSSR count). The Bertz CT molecular complexity index is 2180. The Kier molecular flexibility index (Phi) is 11.7. The van der Waals surface area contributed by atoms with Gasteiger partial charge in [-0.25, -0.2) is 0 Å². The van der Waals surface area contributed by atoms with Crippen LogP contribution in [0, 0.1) is 30.6 Å². The number of carbonyl (C=O) groups excluding carboxylic acids is 2. The van der Waals surface area contributed by atoms with Crippen molar-refractivity contribution in [3.05, 3.63) is 71.2 Å². The molecule has 4 aliphatic rings. The third-order valence-corrected chi connectivity index (χ3v) is 11.8. The van der Waals surface area contributed by atoms with E-state index in [2.05, 4.69) is 15.7 Å². The number of anilines is 3. The van der Waals surface area contributed by atoms with Crippen LogP contribution in [0.4, 0.5) is 17.1 Å². The molecule has 2 aromatic rings. The second-order valence-corrected chi connectivity index (χ2v) is 16.1. The lowest BCUT2D eigenvalue weighted by Crippen LogP contribution is -2.44. The summed E-state index contributed by atoms with van der Waals surface area (Å²) in [6.07, 6.45) is 10.4. The molecule has 0 radical (unpaired) electrons. The van der Waals surface area contributed by atoms with Crippen LogP contribution in [0.5, 0.6) is 17.2 Å². The van der Waals surface area contributed by atoms with E-state index in [9.17, 15) is 35.1 Å². The number of hydrogen-bond donors (Lipinski definition) is 7. The summed E-state index contributed by atoms with van der Waals surface area (Å²) in [7, 11) is 5.04. The zero-order valence-electron chi connectivity index (χ0n) is 34.5. The van der Waals surface area contributed by atoms with Crippen LogP contribution in [0.1, 0.15) is 57.5 Å². The fourth-order valence-electron chi connectivity index (χ4n) is 8.04. The largest absolute Gasteiger partial charge is 0.507 e. The van der Waals surface area contributed by atoms with Gasteiger partial charge in [0.2, 0.25) is 0 Å². The average Bonchev–Trinajstić information content (AvgIpc) is 3.70. The van der Waals surface area contributed by atoms with Crippen molar-refractivity contribution in [2.45, 2.75) is 84.8 Å². The second kappa shape index (κ2) is 16.1. The lowest BCUT2D eigenvalue weighted by Gasteiger charge is -2.36. The van der Waals surface area contributed by atoms with Crippen LogP contribution in [-0.4, -0.2) is 106 Å². The van der Waals surface area contributed by atoms with Gasteiger partial charge in [0.25, 0.3) is 11.7 Å². The number of phenols is 2. The Morgan fingerprint density at radius 3 is 2.28 bits per heavy atom. The number of ketones is 1. The molecule has 4 aliphatic heterocycles. The molecule has 0 spiro atoms. The first-order chi connectivity index (χ1) is 27.3. The van der Waals surface area contributed by atoms with Crippen LogP contribution in [0.2, 0.25) is 0 Å². The number of benzene rings is 2. The number of allylic oxidation sites excluding steroid dienone is 4. The molecule has 0 fully saturated rings. The van der Waals surface area contributed by atoms with Crippen LogP contribution < -0.4 is 20.3 Å². The summed E-state index contributed by atoms with van der Waals surface area (Å²) in [5, 5.41) is 70.2. The molecule has 4 bridgehead atoms. The number of nitrogens with zero attached hydrogens (tertiary/aromatic N) is 3. The van der Waals surface area contributed by atoms with Crippen LogP contribution in [0.3, 0.4) is 0 Å². The summed E-state index contributed by atoms with van der Waals surface area (Å²) in [6.45, 7) is 11.5. The van der Waals surface area contributed by atoms with Crippen molar-refractivity contribution in [3.8, 4) is 17.2 Å². The van der Waals surface area contributed by atoms with Gasteiger partial charge in [0.1, 0.15) is 23.4 Å². The van der Waals surface area contributed by atoms with Crippen LogP contribution >= 0.6 is 0 Å². The molecule has 1 amide bonds. The second-order valence-electron chi connectivity index (χ2n) is 16.1. The first-order valence-corrected chi connectivity index (χ1v) is 19.4. The molecule has 7 N–H and O–H groups in total. The molecule has 4 heterocycles. The number of amides is 1. The summed E-state index contributed by atoms with van der Waals surface area (Å²) in [5.74, 6) is -6.24. The molecule has 10 atom stereocenters. The number of phenolic OH excluding ortho intramolecular Hbond substituents is 2. The van der Waals surface area contributed by atoms with Gasteiger partial charge in [0.05, 0.1) is 59.2 Å². The summed E-state index contributed by atoms with van der Waals surface area (Å²) in [6, 6.07) is 0. The van der Waals surface area contributed by atoms with Gasteiger partial charge in [-0.1, -0.05) is 52.0 Å². The molecule has 0 saturated heterocycles. The van der Waals surface area contributed by atoms with Crippen molar-refractivity contribution in [3.63, 3.8) is 0 Å². The molecular weight excluding hydrogens is 746 g/mol. The summed E-state index contributed by atoms with van der Waals surface area (Å²) in [5.41, 5.74) is 1.81. The number of aromatic hydroxyl groups is 2. The number of ether oxygens (including phenoxy) is 3. The van der Waals surface area contributed by atoms with Crippen molar-refractivity contribution in [2.24, 2.45) is 28.8 Å². The van der Waals surface area contributed by atoms with Gasteiger partial charge in [0, 0.05) is 80.1 Å². The predicted octanol–water partition coefficient (Wildman–Crippen LogP) is 5.04. The fourth-order valence-corrected chi connectivity index (χ4v) is 8.04. The van der Waals surface area contributed by atoms with Crippen molar-refractivity contribution in [2.75, 3.05) is 36.7 Å². The first-order valence-electron chi connectivity index (χ1n) is 19.4. The van der Waals surface area contributed by atoms with E-state index in [-0.39, 0.29) is 44.7 Å². The molecule has 312 valence electrons. The molecule has 0 aliphatic carbocycles. The highest BCUT2D eigenvalue weighted by Gasteiger charge is 2.50. The van der Waals surface area contributed by atoms with E-state index < -0.39 is 77.5 Å². The molecule has 15 nitrogen and oxygen atoms in total. The minimum Gasteiger partial charge on any atom is -0.507 e. The number of carbonyl (C=O) groups is 2. The number of Topliss-reactive ketones (excluding diaryl/α,β-unsaturated/α-hetero) is 1. The monoisotopic (exact) mass is 801 g/mol. The van der Waals surface area contributed by atoms with Gasteiger partial charge in [-0.3, -0.25) is 9.59 Å². The number of fused-ring (bicyclic) bond motifs is 2. The third-order valence-electron chi connectivity index (χ3n) is 11.8. The van der Waals surface area contributed by atoms with Gasteiger partial charge in [0.15, 0.2) is 5.75 Å². The number of hydrazone groups is 1. The maximum Gasteiger partial charge on any atom is 0.312 e. The normalized spacial score (nSPS) is 33.5. The van der Waals surface area contributed by atoms with E-state index in [0.717, 1.165) is 0 Å². The number of nitrogens with one attached hydrogen (secondary N) is 2. The molecule has 2 aromatic carbocycles. The summed E-state index contributed by atoms with van der Waals surface area (Å²) in [4.78, 5) is 30.3. The zero-order valence-corrected chi connectivity index (χ0v) is 34.5.